The van der Waals surface area contributed by atoms with Crippen LogP contribution in [-0.2, 0) is 14.4 Å². The Kier molecular flexibility index (Phi) is 6.96. The predicted octanol–water partition coefficient (Wildman–Crippen LogP) is 1.68. The quantitative estimate of drug-likeness (QED) is 0.406. The van der Waals surface area contributed by atoms with Crippen molar-refractivity contribution in [2.24, 2.45) is 11.8 Å². The number of amides is 3. The summed E-state index contributed by atoms with van der Waals surface area (Å²) < 4.78 is 5.35. The van der Waals surface area contributed by atoms with Gasteiger partial charge in [0, 0.05) is 23.4 Å². The number of methoxy groups -OCH3 is 1. The van der Waals surface area contributed by atoms with Crippen molar-refractivity contribution >= 4 is 34.9 Å². The van der Waals surface area contributed by atoms with E-state index in [2.05, 4.69) is 20.9 Å². The molecular weight excluding hydrogens is 424 g/mol. The van der Waals surface area contributed by atoms with Crippen LogP contribution in [0.3, 0.4) is 0 Å². The maximum atomic E-state index is 13.0. The van der Waals surface area contributed by atoms with E-state index < -0.39 is 23.9 Å². The van der Waals surface area contributed by atoms with Gasteiger partial charge in [0.05, 0.1) is 13.2 Å². The molecule has 2 aliphatic rings. The highest BCUT2D eigenvalue weighted by molar-refractivity contribution is 6.01. The molecule has 3 unspecified atom stereocenters. The van der Waals surface area contributed by atoms with Crippen LogP contribution < -0.4 is 20.7 Å². The number of ether oxygens (including phenoxy) is 1. The van der Waals surface area contributed by atoms with Crippen LogP contribution in [0.1, 0.15) is 49.0 Å². The lowest BCUT2D eigenvalue weighted by Crippen LogP contribution is -2.51. The minimum absolute atomic E-state index is 0.0839. The van der Waals surface area contributed by atoms with Crippen molar-refractivity contribution < 1.29 is 23.9 Å². The zero-order chi connectivity index (χ0) is 23.4. The number of hydrogen-bond acceptors (Lipinski definition) is 5. The average molecular weight is 455 g/mol. The number of aromatic nitrogens is 1. The average Bonchev–Trinajstić information content (AvgIpc) is 3.53. The van der Waals surface area contributed by atoms with Crippen LogP contribution in [0.25, 0.3) is 10.9 Å². The molecule has 9 nitrogen and oxygen atoms in total. The van der Waals surface area contributed by atoms with Crippen molar-refractivity contribution in [3.63, 3.8) is 0 Å². The molecule has 2 aromatic rings. The second-order valence-electron chi connectivity index (χ2n) is 8.93. The van der Waals surface area contributed by atoms with Crippen molar-refractivity contribution in [3.05, 3.63) is 30.0 Å². The van der Waals surface area contributed by atoms with Gasteiger partial charge in [-0.15, -0.1) is 0 Å². The first-order valence-electron chi connectivity index (χ1n) is 11.5. The Morgan fingerprint density at radius 1 is 1.21 bits per heavy atom. The summed E-state index contributed by atoms with van der Waals surface area (Å²) in [5, 5.41) is 9.14. The van der Waals surface area contributed by atoms with Crippen molar-refractivity contribution in [1.29, 1.82) is 0 Å². The Labute approximate surface area is 192 Å². The third-order valence-electron chi connectivity index (χ3n) is 6.41. The SMILES string of the molecule is COc1cccc2[nH]c(C(=O)NC(CC3CC3)C(=O)NC(C=O)CC3CCCNC3=O)cc12. The molecule has 4 rings (SSSR count). The minimum atomic E-state index is -0.776. The number of rotatable bonds is 10. The molecule has 1 aromatic carbocycles. The number of aldehydes is 1. The molecule has 1 saturated heterocycles. The molecule has 9 heteroatoms. The number of nitrogens with one attached hydrogen (secondary N) is 4. The molecule has 3 amide bonds. The standard InChI is InChI=1S/C24H30N4O5/c1-33-21-6-2-5-18-17(21)12-20(27-18)24(32)28-19(10-14-7-8-14)23(31)26-16(13-29)11-15-4-3-9-25-22(15)30/h2,5-6,12-16,19,27H,3-4,7-11H2,1H3,(H,25,30)(H,26,31)(H,28,32). The van der Waals surface area contributed by atoms with Gasteiger partial charge in [-0.3, -0.25) is 14.4 Å². The van der Waals surface area contributed by atoms with E-state index in [4.69, 9.17) is 4.74 Å². The second kappa shape index (κ2) is 10.1. The number of hydrogen-bond donors (Lipinski definition) is 4. The van der Waals surface area contributed by atoms with Crippen LogP contribution in [0.2, 0.25) is 0 Å². The largest absolute Gasteiger partial charge is 0.496 e. The van der Waals surface area contributed by atoms with Crippen LogP contribution in [0.15, 0.2) is 24.3 Å². The summed E-state index contributed by atoms with van der Waals surface area (Å²) in [5.74, 6) is -0.162. The van der Waals surface area contributed by atoms with E-state index in [1.165, 1.54) is 0 Å². The van der Waals surface area contributed by atoms with Gasteiger partial charge in [-0.25, -0.2) is 0 Å². The topological polar surface area (TPSA) is 129 Å². The maximum Gasteiger partial charge on any atom is 0.268 e. The monoisotopic (exact) mass is 454 g/mol. The van der Waals surface area contributed by atoms with Crippen molar-refractivity contribution in [2.45, 2.75) is 50.6 Å². The molecule has 1 aromatic heterocycles. The molecule has 176 valence electrons. The highest BCUT2D eigenvalue weighted by Gasteiger charge is 2.33. The van der Waals surface area contributed by atoms with Gasteiger partial charge in [-0.05, 0) is 49.8 Å². The number of aromatic amines is 1. The normalized spacial score (nSPS) is 19.9. The maximum absolute atomic E-state index is 13.0. The van der Waals surface area contributed by atoms with E-state index in [1.807, 2.05) is 18.2 Å². The lowest BCUT2D eigenvalue weighted by molar-refractivity contribution is -0.129. The predicted molar refractivity (Wildman–Crippen MR) is 122 cm³/mol. The third kappa shape index (κ3) is 5.53. The molecule has 4 N–H and O–H groups in total. The van der Waals surface area contributed by atoms with E-state index >= 15 is 0 Å². The number of piperidine rings is 1. The smallest absolute Gasteiger partial charge is 0.268 e. The summed E-state index contributed by atoms with van der Waals surface area (Å²) >= 11 is 0. The van der Waals surface area contributed by atoms with Gasteiger partial charge in [-0.1, -0.05) is 18.9 Å². The fourth-order valence-corrected chi connectivity index (χ4v) is 4.38. The summed E-state index contributed by atoms with van der Waals surface area (Å²) in [6, 6.07) is 5.65. The molecule has 3 atom stereocenters. The van der Waals surface area contributed by atoms with E-state index in [0.29, 0.717) is 43.0 Å². The van der Waals surface area contributed by atoms with Crippen LogP contribution in [0, 0.1) is 11.8 Å². The van der Waals surface area contributed by atoms with Crippen LogP contribution in [0.4, 0.5) is 0 Å². The van der Waals surface area contributed by atoms with Gasteiger partial charge in [0.2, 0.25) is 11.8 Å². The molecular formula is C24H30N4O5. The lowest BCUT2D eigenvalue weighted by atomic mass is 9.92. The Balaban J connectivity index is 1.43. The summed E-state index contributed by atoms with van der Waals surface area (Å²) in [6.07, 6.45) is 5.01. The van der Waals surface area contributed by atoms with E-state index in [9.17, 15) is 19.2 Å². The fraction of sp³-hybridized carbons (Fsp3) is 0.500. The number of carbonyl (C=O) groups is 4. The van der Waals surface area contributed by atoms with Crippen LogP contribution >= 0.6 is 0 Å². The number of benzene rings is 1. The summed E-state index contributed by atoms with van der Waals surface area (Å²) in [4.78, 5) is 52.7. The zero-order valence-corrected chi connectivity index (χ0v) is 18.7. The Morgan fingerprint density at radius 2 is 2.03 bits per heavy atom. The number of fused-ring (bicyclic) bond motifs is 1. The Morgan fingerprint density at radius 3 is 2.73 bits per heavy atom. The van der Waals surface area contributed by atoms with Crippen LogP contribution in [0.5, 0.6) is 5.75 Å². The minimum Gasteiger partial charge on any atom is -0.496 e. The lowest BCUT2D eigenvalue weighted by Gasteiger charge is -2.26. The van der Waals surface area contributed by atoms with Crippen molar-refractivity contribution in [2.75, 3.05) is 13.7 Å². The van der Waals surface area contributed by atoms with E-state index in [0.717, 1.165) is 30.2 Å². The van der Waals surface area contributed by atoms with Crippen molar-refractivity contribution in [1.82, 2.24) is 20.9 Å². The Hall–Kier alpha value is -3.36. The number of carbonyl (C=O) groups excluding carboxylic acids is 4. The first-order chi connectivity index (χ1) is 16.0. The first-order valence-corrected chi connectivity index (χ1v) is 11.5. The molecule has 1 aliphatic carbocycles. The van der Waals surface area contributed by atoms with Crippen LogP contribution in [-0.4, -0.2) is 54.7 Å². The highest BCUT2D eigenvalue weighted by Crippen LogP contribution is 2.34. The Bertz CT molecular complexity index is 1040. The second-order valence-corrected chi connectivity index (χ2v) is 8.93. The van der Waals surface area contributed by atoms with Gasteiger partial charge in [0.1, 0.15) is 23.8 Å². The molecule has 1 saturated carbocycles. The molecule has 2 heterocycles. The third-order valence-corrected chi connectivity index (χ3v) is 6.41. The summed E-state index contributed by atoms with van der Waals surface area (Å²) in [6.45, 7) is 0.641. The number of H-pyrrole nitrogens is 1. The molecule has 0 radical (unpaired) electrons. The van der Waals surface area contributed by atoms with E-state index in [-0.39, 0.29) is 18.2 Å². The zero-order valence-electron chi connectivity index (χ0n) is 18.7. The fourth-order valence-electron chi connectivity index (χ4n) is 4.38. The van der Waals surface area contributed by atoms with Gasteiger partial charge in [0.15, 0.2) is 0 Å². The van der Waals surface area contributed by atoms with Gasteiger partial charge in [-0.2, -0.15) is 0 Å². The van der Waals surface area contributed by atoms with E-state index in [1.54, 1.807) is 13.2 Å². The molecule has 0 spiro atoms. The summed E-state index contributed by atoms with van der Waals surface area (Å²) in [7, 11) is 1.57. The molecule has 1 aliphatic heterocycles. The molecule has 2 fully saturated rings. The molecule has 33 heavy (non-hydrogen) atoms. The van der Waals surface area contributed by atoms with Gasteiger partial charge >= 0.3 is 0 Å². The molecule has 0 bridgehead atoms. The van der Waals surface area contributed by atoms with Gasteiger partial charge in [0.25, 0.3) is 5.91 Å². The van der Waals surface area contributed by atoms with Crippen molar-refractivity contribution in [3.8, 4) is 5.75 Å². The highest BCUT2D eigenvalue weighted by atomic mass is 16.5. The summed E-state index contributed by atoms with van der Waals surface area (Å²) in [5.41, 5.74) is 1.09. The van der Waals surface area contributed by atoms with Gasteiger partial charge < -0.3 is 30.5 Å². The first kappa shape index (κ1) is 22.8.